The summed E-state index contributed by atoms with van der Waals surface area (Å²) in [5.41, 5.74) is 2.16. The zero-order valence-electron chi connectivity index (χ0n) is 11.1. The van der Waals surface area contributed by atoms with Gasteiger partial charge in [-0.15, -0.1) is 0 Å². The van der Waals surface area contributed by atoms with E-state index < -0.39 is 0 Å². The van der Waals surface area contributed by atoms with Crippen LogP contribution in [0.4, 0.5) is 11.4 Å². The molecule has 0 atom stereocenters. The fourth-order valence-corrected chi connectivity index (χ4v) is 1.42. The topological polar surface area (TPSA) is 41.6 Å². The highest BCUT2D eigenvalue weighted by atomic mass is 16.5. The van der Waals surface area contributed by atoms with Crippen molar-refractivity contribution in [3.63, 3.8) is 0 Å². The lowest BCUT2D eigenvalue weighted by atomic mass is 10.2. The summed E-state index contributed by atoms with van der Waals surface area (Å²) in [6.45, 7) is 2.79. The predicted molar refractivity (Wildman–Crippen MR) is 75.0 cm³/mol. The first-order valence-corrected chi connectivity index (χ1v) is 5.98. The minimum atomic E-state index is -0.304. The van der Waals surface area contributed by atoms with Crippen LogP contribution in [0.5, 0.6) is 0 Å². The van der Waals surface area contributed by atoms with Gasteiger partial charge in [0.1, 0.15) is 0 Å². The minimum Gasteiger partial charge on any atom is -0.463 e. The van der Waals surface area contributed by atoms with E-state index in [1.54, 1.807) is 13.0 Å². The van der Waals surface area contributed by atoms with E-state index in [1.807, 2.05) is 37.2 Å². The highest BCUT2D eigenvalue weighted by molar-refractivity contribution is 5.81. The number of nitrogens with zero attached hydrogens (tertiary/aromatic N) is 1. The summed E-state index contributed by atoms with van der Waals surface area (Å²) in [4.78, 5) is 13.1. The van der Waals surface area contributed by atoms with Gasteiger partial charge < -0.3 is 15.0 Å². The van der Waals surface area contributed by atoms with Crippen LogP contribution < -0.4 is 10.2 Å². The lowest BCUT2D eigenvalue weighted by Crippen LogP contribution is -2.09. The molecule has 0 spiro atoms. The van der Waals surface area contributed by atoms with Crippen molar-refractivity contribution in [1.29, 1.82) is 0 Å². The Morgan fingerprint density at radius 2 is 2.22 bits per heavy atom. The normalized spacial score (nSPS) is 10.4. The predicted octanol–water partition coefficient (Wildman–Crippen LogP) is 2.28. The first-order valence-electron chi connectivity index (χ1n) is 5.98. The molecular formula is C14H20N2O2. The van der Waals surface area contributed by atoms with Crippen LogP contribution in [0.1, 0.15) is 6.92 Å². The smallest absolute Gasteiger partial charge is 0.330 e. The highest BCUT2D eigenvalue weighted by Crippen LogP contribution is 2.16. The van der Waals surface area contributed by atoms with Gasteiger partial charge >= 0.3 is 5.97 Å². The van der Waals surface area contributed by atoms with Crippen LogP contribution in [0.2, 0.25) is 0 Å². The Morgan fingerprint density at radius 1 is 1.44 bits per heavy atom. The van der Waals surface area contributed by atoms with Crippen LogP contribution >= 0.6 is 0 Å². The fraction of sp³-hybridized carbons (Fsp3) is 0.357. The van der Waals surface area contributed by atoms with Crippen LogP contribution in [-0.2, 0) is 9.53 Å². The standard InChI is InChI=1S/C14H20N2O2/c1-4-18-14(17)9-6-10-15-12-7-5-8-13(11-12)16(2)3/h5-9,11,15H,4,10H2,1-3H3/b9-6+. The molecule has 0 saturated heterocycles. The zero-order valence-corrected chi connectivity index (χ0v) is 11.1. The molecule has 0 unspecified atom stereocenters. The molecule has 0 heterocycles. The van der Waals surface area contributed by atoms with Gasteiger partial charge in [-0.2, -0.15) is 0 Å². The monoisotopic (exact) mass is 248 g/mol. The highest BCUT2D eigenvalue weighted by Gasteiger charge is 1.96. The molecule has 1 aromatic rings. The molecule has 0 fully saturated rings. The molecule has 98 valence electrons. The van der Waals surface area contributed by atoms with Crippen molar-refractivity contribution < 1.29 is 9.53 Å². The Kier molecular flexibility index (Phi) is 5.77. The van der Waals surface area contributed by atoms with Gasteiger partial charge in [-0.25, -0.2) is 4.79 Å². The average Bonchev–Trinajstić information content (AvgIpc) is 2.35. The third-order valence-electron chi connectivity index (χ3n) is 2.33. The third-order valence-corrected chi connectivity index (χ3v) is 2.33. The molecule has 0 aromatic heterocycles. The van der Waals surface area contributed by atoms with E-state index in [0.717, 1.165) is 11.4 Å². The Morgan fingerprint density at radius 3 is 2.89 bits per heavy atom. The summed E-state index contributed by atoms with van der Waals surface area (Å²) >= 11 is 0. The lowest BCUT2D eigenvalue weighted by Gasteiger charge is -2.13. The minimum absolute atomic E-state index is 0.304. The van der Waals surface area contributed by atoms with Gasteiger partial charge in [0.25, 0.3) is 0 Å². The number of carbonyl (C=O) groups excluding carboxylic acids is 1. The molecule has 0 aliphatic rings. The summed E-state index contributed by atoms with van der Waals surface area (Å²) in [7, 11) is 4.00. The molecule has 1 N–H and O–H groups in total. The van der Waals surface area contributed by atoms with Crippen molar-refractivity contribution in [2.75, 3.05) is 37.5 Å². The summed E-state index contributed by atoms with van der Waals surface area (Å²) < 4.78 is 4.78. The first kappa shape index (κ1) is 14.1. The average molecular weight is 248 g/mol. The van der Waals surface area contributed by atoms with E-state index in [4.69, 9.17) is 4.74 Å². The molecule has 0 bridgehead atoms. The van der Waals surface area contributed by atoms with E-state index >= 15 is 0 Å². The molecule has 18 heavy (non-hydrogen) atoms. The number of hydrogen-bond donors (Lipinski definition) is 1. The van der Waals surface area contributed by atoms with E-state index in [-0.39, 0.29) is 5.97 Å². The van der Waals surface area contributed by atoms with Gasteiger partial charge in [0, 0.05) is 38.1 Å². The van der Waals surface area contributed by atoms with Gasteiger partial charge in [0.2, 0.25) is 0 Å². The summed E-state index contributed by atoms with van der Waals surface area (Å²) in [6, 6.07) is 8.08. The van der Waals surface area contributed by atoms with Crippen LogP contribution in [-0.4, -0.2) is 33.2 Å². The maximum atomic E-state index is 11.1. The SMILES string of the molecule is CCOC(=O)/C=C/CNc1cccc(N(C)C)c1. The second-order valence-corrected chi connectivity index (χ2v) is 3.98. The van der Waals surface area contributed by atoms with Gasteiger partial charge in [-0.1, -0.05) is 12.1 Å². The molecule has 1 aromatic carbocycles. The molecule has 0 saturated carbocycles. The van der Waals surface area contributed by atoms with E-state index in [1.165, 1.54) is 6.08 Å². The molecule has 0 amide bonds. The van der Waals surface area contributed by atoms with Crippen LogP contribution in [0.3, 0.4) is 0 Å². The number of esters is 1. The first-order chi connectivity index (χ1) is 8.63. The largest absolute Gasteiger partial charge is 0.463 e. The maximum Gasteiger partial charge on any atom is 0.330 e. The molecule has 4 nitrogen and oxygen atoms in total. The van der Waals surface area contributed by atoms with E-state index in [2.05, 4.69) is 11.4 Å². The molecular weight excluding hydrogens is 228 g/mol. The Labute approximate surface area is 108 Å². The Balaban J connectivity index is 2.44. The van der Waals surface area contributed by atoms with Gasteiger partial charge in [0.05, 0.1) is 6.61 Å². The van der Waals surface area contributed by atoms with Crippen molar-refractivity contribution >= 4 is 17.3 Å². The second-order valence-electron chi connectivity index (χ2n) is 3.98. The van der Waals surface area contributed by atoms with Gasteiger partial charge in [-0.3, -0.25) is 0 Å². The summed E-state index contributed by atoms with van der Waals surface area (Å²) in [5.74, 6) is -0.304. The number of benzene rings is 1. The molecule has 0 radical (unpaired) electrons. The Hall–Kier alpha value is -1.97. The lowest BCUT2D eigenvalue weighted by molar-refractivity contribution is -0.137. The zero-order chi connectivity index (χ0) is 13.4. The molecule has 0 aliphatic carbocycles. The number of carbonyl (C=O) groups is 1. The molecule has 1 rings (SSSR count). The number of rotatable bonds is 6. The maximum absolute atomic E-state index is 11.1. The quantitative estimate of drug-likeness (QED) is 0.619. The Bertz CT molecular complexity index is 414. The number of hydrogen-bond acceptors (Lipinski definition) is 4. The van der Waals surface area contributed by atoms with Gasteiger partial charge in [0.15, 0.2) is 0 Å². The third kappa shape index (κ3) is 4.91. The summed E-state index contributed by atoms with van der Waals surface area (Å²) in [5, 5.41) is 3.22. The fourth-order valence-electron chi connectivity index (χ4n) is 1.42. The van der Waals surface area contributed by atoms with Crippen LogP contribution in [0, 0.1) is 0 Å². The van der Waals surface area contributed by atoms with Crippen molar-refractivity contribution in [3.8, 4) is 0 Å². The number of ether oxygens (including phenoxy) is 1. The van der Waals surface area contributed by atoms with Crippen molar-refractivity contribution in [3.05, 3.63) is 36.4 Å². The second kappa shape index (κ2) is 7.37. The summed E-state index contributed by atoms with van der Waals surface area (Å²) in [6.07, 6.45) is 3.19. The number of nitrogens with one attached hydrogen (secondary N) is 1. The van der Waals surface area contributed by atoms with Crippen molar-refractivity contribution in [2.45, 2.75) is 6.92 Å². The van der Waals surface area contributed by atoms with E-state index in [9.17, 15) is 4.79 Å². The molecule has 4 heteroatoms. The molecule has 0 aliphatic heterocycles. The van der Waals surface area contributed by atoms with Crippen LogP contribution in [0.25, 0.3) is 0 Å². The number of anilines is 2. The van der Waals surface area contributed by atoms with Crippen molar-refractivity contribution in [1.82, 2.24) is 0 Å². The van der Waals surface area contributed by atoms with Gasteiger partial charge in [-0.05, 0) is 25.1 Å². The van der Waals surface area contributed by atoms with E-state index in [0.29, 0.717) is 13.2 Å². The van der Waals surface area contributed by atoms with Crippen LogP contribution in [0.15, 0.2) is 36.4 Å². The van der Waals surface area contributed by atoms with Crippen molar-refractivity contribution in [2.24, 2.45) is 0 Å².